The Morgan fingerprint density at radius 3 is 2.10 bits per heavy atom. The molecule has 0 bridgehead atoms. The highest BCUT2D eigenvalue weighted by molar-refractivity contribution is 7.89. The van der Waals surface area contributed by atoms with Crippen molar-refractivity contribution in [2.75, 3.05) is 19.6 Å². The smallest absolute Gasteiger partial charge is 0.277 e. The number of primary sulfonamides is 1. The van der Waals surface area contributed by atoms with Gasteiger partial charge >= 0.3 is 0 Å². The van der Waals surface area contributed by atoms with Crippen LogP contribution in [0.25, 0.3) is 5.57 Å². The molecule has 0 atom stereocenters. The fraction of sp³-hybridized carbons (Fsp3) is 0.273. The molecule has 2 amide bonds. The van der Waals surface area contributed by atoms with E-state index in [1.165, 1.54) is 17.0 Å². The van der Waals surface area contributed by atoms with E-state index in [1.54, 1.807) is 12.1 Å². The summed E-state index contributed by atoms with van der Waals surface area (Å²) in [5.41, 5.74) is 2.52. The van der Waals surface area contributed by atoms with Crippen LogP contribution in [0, 0.1) is 0 Å². The maximum absolute atomic E-state index is 13.2. The van der Waals surface area contributed by atoms with Crippen molar-refractivity contribution in [2.24, 2.45) is 5.14 Å². The Hall–Kier alpha value is -2.97. The molecular formula is C22H23N3O4S. The first-order valence-corrected chi connectivity index (χ1v) is 11.4. The number of sulfonamides is 1. The van der Waals surface area contributed by atoms with E-state index < -0.39 is 10.0 Å². The summed E-state index contributed by atoms with van der Waals surface area (Å²) in [7, 11) is -3.75. The zero-order valence-electron chi connectivity index (χ0n) is 16.5. The molecule has 2 aliphatic rings. The maximum atomic E-state index is 13.2. The van der Waals surface area contributed by atoms with Gasteiger partial charge in [-0.05, 0) is 42.5 Å². The van der Waals surface area contributed by atoms with E-state index >= 15 is 0 Å². The van der Waals surface area contributed by atoms with Crippen LogP contribution in [-0.2, 0) is 26.0 Å². The molecule has 0 unspecified atom stereocenters. The molecule has 30 heavy (non-hydrogen) atoms. The van der Waals surface area contributed by atoms with Crippen LogP contribution in [0.4, 0.5) is 0 Å². The number of amides is 2. The number of nitrogens with two attached hydrogens (primary N) is 1. The second-order valence-electron chi connectivity index (χ2n) is 7.48. The number of nitrogens with zero attached hydrogens (tertiary/aromatic N) is 2. The van der Waals surface area contributed by atoms with Gasteiger partial charge in [-0.25, -0.2) is 13.6 Å². The molecule has 2 aromatic rings. The molecule has 1 saturated heterocycles. The average molecular weight is 426 g/mol. The fourth-order valence-electron chi connectivity index (χ4n) is 3.95. The van der Waals surface area contributed by atoms with E-state index in [1.807, 2.05) is 35.2 Å². The van der Waals surface area contributed by atoms with Gasteiger partial charge < -0.3 is 4.90 Å². The van der Waals surface area contributed by atoms with Crippen molar-refractivity contribution >= 4 is 27.4 Å². The summed E-state index contributed by atoms with van der Waals surface area (Å²) in [5.74, 6) is -0.545. The van der Waals surface area contributed by atoms with Crippen LogP contribution < -0.4 is 5.14 Å². The van der Waals surface area contributed by atoms with Crippen LogP contribution in [-0.4, -0.2) is 49.7 Å². The lowest BCUT2D eigenvalue weighted by molar-refractivity contribution is -0.137. The van der Waals surface area contributed by atoms with Crippen molar-refractivity contribution in [2.45, 2.75) is 24.2 Å². The van der Waals surface area contributed by atoms with Gasteiger partial charge in [0.25, 0.3) is 11.8 Å². The van der Waals surface area contributed by atoms with Crippen molar-refractivity contribution in [3.63, 3.8) is 0 Å². The molecule has 2 aliphatic heterocycles. The van der Waals surface area contributed by atoms with Crippen molar-refractivity contribution in [3.05, 3.63) is 71.4 Å². The van der Waals surface area contributed by atoms with Gasteiger partial charge in [-0.1, -0.05) is 42.5 Å². The molecule has 0 saturated carbocycles. The number of benzene rings is 2. The quantitative estimate of drug-likeness (QED) is 0.711. The number of rotatable bonds is 6. The third kappa shape index (κ3) is 3.88. The molecule has 0 radical (unpaired) electrons. The molecule has 7 nitrogen and oxygen atoms in total. The number of hydrogen-bond acceptors (Lipinski definition) is 5. The minimum absolute atomic E-state index is 0.0314. The second kappa shape index (κ2) is 8.04. The molecular weight excluding hydrogens is 402 g/mol. The van der Waals surface area contributed by atoms with E-state index in [-0.39, 0.29) is 23.3 Å². The van der Waals surface area contributed by atoms with Gasteiger partial charge in [0, 0.05) is 19.6 Å². The van der Waals surface area contributed by atoms with Crippen LogP contribution in [0.2, 0.25) is 0 Å². The molecule has 2 N–H and O–H groups in total. The first kappa shape index (κ1) is 20.3. The SMILES string of the molecule is NS(=O)(=O)c1ccc(CCN2C(=O)C(c3ccccc3)=C(N3CCCC3)C2=O)cc1. The van der Waals surface area contributed by atoms with E-state index in [0.717, 1.165) is 37.1 Å². The van der Waals surface area contributed by atoms with Crippen molar-refractivity contribution in [3.8, 4) is 0 Å². The Morgan fingerprint density at radius 2 is 1.50 bits per heavy atom. The van der Waals surface area contributed by atoms with Crippen LogP contribution >= 0.6 is 0 Å². The van der Waals surface area contributed by atoms with E-state index in [9.17, 15) is 18.0 Å². The molecule has 0 aromatic heterocycles. The lowest BCUT2D eigenvalue weighted by atomic mass is 10.0. The zero-order chi connectivity index (χ0) is 21.3. The molecule has 0 spiro atoms. The Kier molecular flexibility index (Phi) is 5.44. The molecule has 8 heteroatoms. The lowest BCUT2D eigenvalue weighted by Crippen LogP contribution is -2.36. The third-order valence-corrected chi connectivity index (χ3v) is 6.43. The average Bonchev–Trinajstić information content (AvgIpc) is 3.33. The Balaban J connectivity index is 1.57. The molecule has 1 fully saturated rings. The normalized spacial score (nSPS) is 17.4. The van der Waals surface area contributed by atoms with Crippen LogP contribution in [0.5, 0.6) is 0 Å². The largest absolute Gasteiger partial charge is 0.366 e. The monoisotopic (exact) mass is 425 g/mol. The van der Waals surface area contributed by atoms with E-state index in [0.29, 0.717) is 17.7 Å². The summed E-state index contributed by atoms with van der Waals surface area (Å²) in [6.45, 7) is 1.77. The lowest BCUT2D eigenvalue weighted by Gasteiger charge is -2.20. The maximum Gasteiger partial charge on any atom is 0.277 e. The van der Waals surface area contributed by atoms with Crippen LogP contribution in [0.15, 0.2) is 65.2 Å². The highest BCUT2D eigenvalue weighted by Gasteiger charge is 2.41. The molecule has 2 aromatic carbocycles. The summed E-state index contributed by atoms with van der Waals surface area (Å²) in [5, 5.41) is 5.13. The van der Waals surface area contributed by atoms with Gasteiger partial charge in [0.2, 0.25) is 10.0 Å². The highest BCUT2D eigenvalue weighted by Crippen LogP contribution is 2.33. The molecule has 4 rings (SSSR count). The predicted octanol–water partition coefficient (Wildman–Crippen LogP) is 1.75. The molecule has 2 heterocycles. The second-order valence-corrected chi connectivity index (χ2v) is 9.05. The number of imide groups is 1. The summed E-state index contributed by atoms with van der Waals surface area (Å²) in [6, 6.07) is 15.5. The minimum atomic E-state index is -3.75. The Labute approximate surface area is 175 Å². The summed E-state index contributed by atoms with van der Waals surface area (Å²) >= 11 is 0. The van der Waals surface area contributed by atoms with Crippen molar-refractivity contribution in [1.29, 1.82) is 0 Å². The summed E-state index contributed by atoms with van der Waals surface area (Å²) in [4.78, 5) is 29.8. The fourth-order valence-corrected chi connectivity index (χ4v) is 4.47. The topological polar surface area (TPSA) is 101 Å². The molecule has 0 aliphatic carbocycles. The number of carbonyl (C=O) groups excluding carboxylic acids is 2. The van der Waals surface area contributed by atoms with Crippen LogP contribution in [0.1, 0.15) is 24.0 Å². The number of carbonyl (C=O) groups is 2. The molecule has 156 valence electrons. The van der Waals surface area contributed by atoms with Gasteiger partial charge in [0.1, 0.15) is 5.70 Å². The van der Waals surface area contributed by atoms with Gasteiger partial charge in [-0.3, -0.25) is 14.5 Å². The minimum Gasteiger partial charge on any atom is -0.366 e. The first-order chi connectivity index (χ1) is 14.4. The first-order valence-electron chi connectivity index (χ1n) is 9.89. The predicted molar refractivity (Wildman–Crippen MR) is 112 cm³/mol. The Morgan fingerprint density at radius 1 is 0.867 bits per heavy atom. The van der Waals surface area contributed by atoms with Crippen LogP contribution in [0.3, 0.4) is 0 Å². The summed E-state index contributed by atoms with van der Waals surface area (Å²) in [6.07, 6.45) is 2.44. The third-order valence-electron chi connectivity index (χ3n) is 5.50. The number of hydrogen-bond donors (Lipinski definition) is 1. The summed E-state index contributed by atoms with van der Waals surface area (Å²) < 4.78 is 22.8. The van der Waals surface area contributed by atoms with Crippen molar-refractivity contribution in [1.82, 2.24) is 9.80 Å². The zero-order valence-corrected chi connectivity index (χ0v) is 17.3. The standard InChI is InChI=1S/C22H23N3O4S/c23-30(28,29)18-10-8-16(9-11-18)12-15-25-21(26)19(17-6-2-1-3-7-17)20(22(25)27)24-13-4-5-14-24/h1-3,6-11H,4-5,12-15H2,(H2,23,28,29). The Bertz CT molecular complexity index is 1100. The van der Waals surface area contributed by atoms with Gasteiger partial charge in [0.15, 0.2) is 0 Å². The van der Waals surface area contributed by atoms with Gasteiger partial charge in [-0.2, -0.15) is 0 Å². The number of likely N-dealkylation sites (tertiary alicyclic amines) is 1. The van der Waals surface area contributed by atoms with Gasteiger partial charge in [-0.15, -0.1) is 0 Å². The van der Waals surface area contributed by atoms with Crippen molar-refractivity contribution < 1.29 is 18.0 Å². The van der Waals surface area contributed by atoms with E-state index in [2.05, 4.69) is 0 Å². The highest BCUT2D eigenvalue weighted by atomic mass is 32.2. The van der Waals surface area contributed by atoms with E-state index in [4.69, 9.17) is 5.14 Å². The van der Waals surface area contributed by atoms with Gasteiger partial charge in [0.05, 0.1) is 10.5 Å².